The summed E-state index contributed by atoms with van der Waals surface area (Å²) in [4.78, 5) is 0.961. The molecule has 2 aromatic rings. The number of aromatic nitrogens is 2. The van der Waals surface area contributed by atoms with Crippen molar-refractivity contribution in [2.75, 3.05) is 12.8 Å². The van der Waals surface area contributed by atoms with Crippen LogP contribution in [0.2, 0.25) is 0 Å². The molecule has 1 aromatic carbocycles. The van der Waals surface area contributed by atoms with Crippen molar-refractivity contribution >= 4 is 11.8 Å². The lowest BCUT2D eigenvalue weighted by Gasteiger charge is -2.14. The van der Waals surface area contributed by atoms with Crippen LogP contribution < -0.4 is 5.32 Å². The fourth-order valence-corrected chi connectivity index (χ4v) is 3.07. The van der Waals surface area contributed by atoms with E-state index in [1.807, 2.05) is 24.0 Å². The van der Waals surface area contributed by atoms with Crippen LogP contribution in [0.15, 0.2) is 41.4 Å². The van der Waals surface area contributed by atoms with E-state index < -0.39 is 0 Å². The first-order valence-electron chi connectivity index (χ1n) is 7.18. The van der Waals surface area contributed by atoms with Crippen LogP contribution in [0.5, 0.6) is 0 Å². The Balaban J connectivity index is 1.90. The molecule has 0 aliphatic heterocycles. The molecule has 0 spiro atoms. The Morgan fingerprint density at radius 2 is 2.14 bits per heavy atom. The van der Waals surface area contributed by atoms with E-state index in [-0.39, 0.29) is 5.82 Å². The standard InChI is InChI=1S/C16H22FN3S/c1-12(2)20-8-7-14(19-20)10-15(18-3)11-21-16-6-4-5-13(17)9-16/h4-9,12,15,18H,10-11H2,1-3H3. The molecule has 1 atom stereocenters. The second-order valence-electron chi connectivity index (χ2n) is 5.34. The van der Waals surface area contributed by atoms with Gasteiger partial charge in [-0.1, -0.05) is 6.07 Å². The molecular formula is C16H22FN3S. The highest BCUT2D eigenvalue weighted by Gasteiger charge is 2.11. The zero-order valence-corrected chi connectivity index (χ0v) is 13.5. The SMILES string of the molecule is CNC(CSc1cccc(F)c1)Cc1ccn(C(C)C)n1. The van der Waals surface area contributed by atoms with Crippen molar-refractivity contribution in [1.82, 2.24) is 15.1 Å². The predicted molar refractivity (Wildman–Crippen MR) is 86.3 cm³/mol. The molecule has 0 amide bonds. The molecule has 1 unspecified atom stereocenters. The number of hydrogen-bond donors (Lipinski definition) is 1. The highest BCUT2D eigenvalue weighted by atomic mass is 32.2. The third-order valence-corrected chi connectivity index (χ3v) is 4.46. The van der Waals surface area contributed by atoms with Gasteiger partial charge in [0.2, 0.25) is 0 Å². The molecule has 1 N–H and O–H groups in total. The van der Waals surface area contributed by atoms with Gasteiger partial charge in [-0.3, -0.25) is 4.68 Å². The number of nitrogens with zero attached hydrogens (tertiary/aromatic N) is 2. The van der Waals surface area contributed by atoms with Gasteiger partial charge in [0.25, 0.3) is 0 Å². The number of rotatable bonds is 7. The normalized spacial score (nSPS) is 12.8. The molecule has 0 fully saturated rings. The molecule has 0 radical (unpaired) electrons. The third kappa shape index (κ3) is 4.86. The van der Waals surface area contributed by atoms with Gasteiger partial charge in [0, 0.05) is 35.3 Å². The Morgan fingerprint density at radius 3 is 2.76 bits per heavy atom. The van der Waals surface area contributed by atoms with E-state index in [4.69, 9.17) is 0 Å². The maximum absolute atomic E-state index is 13.2. The van der Waals surface area contributed by atoms with Gasteiger partial charge in [0.1, 0.15) is 5.82 Å². The van der Waals surface area contributed by atoms with Crippen molar-refractivity contribution in [1.29, 1.82) is 0 Å². The lowest BCUT2D eigenvalue weighted by atomic mass is 10.2. The van der Waals surface area contributed by atoms with E-state index >= 15 is 0 Å². The van der Waals surface area contributed by atoms with Gasteiger partial charge in [-0.25, -0.2) is 4.39 Å². The van der Waals surface area contributed by atoms with Crippen LogP contribution in [0.4, 0.5) is 4.39 Å². The van der Waals surface area contributed by atoms with Crippen molar-refractivity contribution in [2.45, 2.75) is 37.2 Å². The minimum Gasteiger partial charge on any atom is -0.316 e. The maximum Gasteiger partial charge on any atom is 0.124 e. The zero-order valence-electron chi connectivity index (χ0n) is 12.7. The van der Waals surface area contributed by atoms with Gasteiger partial charge >= 0.3 is 0 Å². The highest BCUT2D eigenvalue weighted by molar-refractivity contribution is 7.99. The molecule has 0 bridgehead atoms. The van der Waals surface area contributed by atoms with Gasteiger partial charge in [-0.15, -0.1) is 11.8 Å². The lowest BCUT2D eigenvalue weighted by molar-refractivity contribution is 0.518. The van der Waals surface area contributed by atoms with Crippen LogP contribution in [-0.2, 0) is 6.42 Å². The Kier molecular flexibility index (Phi) is 5.82. The molecule has 1 aromatic heterocycles. The first kappa shape index (κ1) is 16.0. The summed E-state index contributed by atoms with van der Waals surface area (Å²) in [6, 6.07) is 9.49. The van der Waals surface area contributed by atoms with Crippen molar-refractivity contribution in [3.05, 3.63) is 48.0 Å². The second-order valence-corrected chi connectivity index (χ2v) is 6.43. The average molecular weight is 307 g/mol. The summed E-state index contributed by atoms with van der Waals surface area (Å²) in [7, 11) is 1.95. The highest BCUT2D eigenvalue weighted by Crippen LogP contribution is 2.20. The Morgan fingerprint density at radius 1 is 1.33 bits per heavy atom. The van der Waals surface area contributed by atoms with Crippen molar-refractivity contribution in [2.24, 2.45) is 0 Å². The van der Waals surface area contributed by atoms with E-state index in [2.05, 4.69) is 30.3 Å². The average Bonchev–Trinajstić information content (AvgIpc) is 2.92. The molecule has 5 heteroatoms. The number of likely N-dealkylation sites (N-methyl/N-ethyl adjacent to an activating group) is 1. The summed E-state index contributed by atoms with van der Waals surface area (Å²) in [6.07, 6.45) is 2.89. The molecule has 3 nitrogen and oxygen atoms in total. The van der Waals surface area contributed by atoms with Gasteiger partial charge < -0.3 is 5.32 Å². The number of benzene rings is 1. The molecule has 2 rings (SSSR count). The maximum atomic E-state index is 13.2. The fourth-order valence-electron chi connectivity index (χ4n) is 2.02. The molecule has 21 heavy (non-hydrogen) atoms. The molecule has 1 heterocycles. The van der Waals surface area contributed by atoms with Crippen molar-refractivity contribution in [3.63, 3.8) is 0 Å². The molecule has 0 saturated heterocycles. The quantitative estimate of drug-likeness (QED) is 0.794. The Labute approximate surface area is 129 Å². The summed E-state index contributed by atoms with van der Waals surface area (Å²) in [6.45, 7) is 4.23. The van der Waals surface area contributed by atoms with Crippen molar-refractivity contribution < 1.29 is 4.39 Å². The van der Waals surface area contributed by atoms with Gasteiger partial charge in [-0.05, 0) is 45.2 Å². The van der Waals surface area contributed by atoms with Crippen LogP contribution in [0.3, 0.4) is 0 Å². The first-order valence-corrected chi connectivity index (χ1v) is 8.16. The summed E-state index contributed by atoms with van der Waals surface area (Å²) >= 11 is 1.66. The number of nitrogens with one attached hydrogen (secondary N) is 1. The van der Waals surface area contributed by atoms with Gasteiger partial charge in [0.05, 0.1) is 5.69 Å². The minimum absolute atomic E-state index is 0.184. The monoisotopic (exact) mass is 307 g/mol. The molecule has 0 aliphatic carbocycles. The van der Waals surface area contributed by atoms with E-state index in [9.17, 15) is 4.39 Å². The number of hydrogen-bond acceptors (Lipinski definition) is 3. The smallest absolute Gasteiger partial charge is 0.124 e. The summed E-state index contributed by atoms with van der Waals surface area (Å²) in [5.41, 5.74) is 1.09. The Hall–Kier alpha value is -1.33. The summed E-state index contributed by atoms with van der Waals surface area (Å²) in [5, 5.41) is 7.88. The number of halogens is 1. The van der Waals surface area contributed by atoms with Crippen LogP contribution in [-0.4, -0.2) is 28.6 Å². The zero-order chi connectivity index (χ0) is 15.2. The minimum atomic E-state index is -0.184. The second kappa shape index (κ2) is 7.61. The fraction of sp³-hybridized carbons (Fsp3) is 0.438. The van der Waals surface area contributed by atoms with Gasteiger partial charge in [0.15, 0.2) is 0 Å². The van der Waals surface area contributed by atoms with E-state index in [0.717, 1.165) is 22.8 Å². The molecular weight excluding hydrogens is 285 g/mol. The summed E-state index contributed by atoms with van der Waals surface area (Å²) in [5.74, 6) is 0.700. The van der Waals surface area contributed by atoms with Crippen LogP contribution in [0.1, 0.15) is 25.6 Å². The Bertz CT molecular complexity index is 568. The third-order valence-electron chi connectivity index (χ3n) is 3.30. The van der Waals surface area contributed by atoms with E-state index in [1.165, 1.54) is 6.07 Å². The van der Waals surface area contributed by atoms with Crippen LogP contribution >= 0.6 is 11.8 Å². The molecule has 0 aliphatic rings. The first-order chi connectivity index (χ1) is 10.1. The number of thioether (sulfide) groups is 1. The van der Waals surface area contributed by atoms with E-state index in [0.29, 0.717) is 12.1 Å². The summed E-state index contributed by atoms with van der Waals surface area (Å²) < 4.78 is 15.1. The van der Waals surface area contributed by atoms with E-state index in [1.54, 1.807) is 23.9 Å². The molecule has 114 valence electrons. The van der Waals surface area contributed by atoms with Gasteiger partial charge in [-0.2, -0.15) is 5.10 Å². The predicted octanol–water partition coefficient (Wildman–Crippen LogP) is 3.53. The van der Waals surface area contributed by atoms with Crippen LogP contribution in [0.25, 0.3) is 0 Å². The van der Waals surface area contributed by atoms with Crippen LogP contribution in [0, 0.1) is 5.82 Å². The largest absolute Gasteiger partial charge is 0.316 e. The lowest BCUT2D eigenvalue weighted by Crippen LogP contribution is -2.30. The van der Waals surface area contributed by atoms with Crippen molar-refractivity contribution in [3.8, 4) is 0 Å². The molecule has 0 saturated carbocycles. The topological polar surface area (TPSA) is 29.9 Å².